The van der Waals surface area contributed by atoms with Crippen molar-refractivity contribution in [3.8, 4) is 5.88 Å². The second-order valence-corrected chi connectivity index (χ2v) is 3.39. The zero-order valence-electron chi connectivity index (χ0n) is 7.79. The third kappa shape index (κ3) is 2.34. The summed E-state index contributed by atoms with van der Waals surface area (Å²) in [5.74, 6) is 1.50. The van der Waals surface area contributed by atoms with Gasteiger partial charge >= 0.3 is 0 Å². The van der Waals surface area contributed by atoms with Crippen LogP contribution in [0.4, 0.5) is 5.69 Å². The fraction of sp³-hybridized carbons (Fsp3) is 0.500. The predicted octanol–water partition coefficient (Wildman–Crippen LogP) is 1.91. The van der Waals surface area contributed by atoms with Gasteiger partial charge in [0.1, 0.15) is 0 Å². The van der Waals surface area contributed by atoms with E-state index in [-0.39, 0.29) is 0 Å². The summed E-state index contributed by atoms with van der Waals surface area (Å²) < 4.78 is 5.52. The topological polar surface area (TPSA) is 34.2 Å². The SMILES string of the molecule is CNc1ccnc(OCC2CC2)c1. The molecule has 0 bridgehead atoms. The van der Waals surface area contributed by atoms with Crippen molar-refractivity contribution in [3.05, 3.63) is 18.3 Å². The van der Waals surface area contributed by atoms with Crippen LogP contribution in [0.2, 0.25) is 0 Å². The molecule has 1 aromatic rings. The molecule has 0 unspecified atom stereocenters. The average molecular weight is 178 g/mol. The van der Waals surface area contributed by atoms with E-state index in [4.69, 9.17) is 4.74 Å². The van der Waals surface area contributed by atoms with Gasteiger partial charge in [0.15, 0.2) is 0 Å². The van der Waals surface area contributed by atoms with Crippen LogP contribution in [0.1, 0.15) is 12.8 Å². The number of hydrogen-bond acceptors (Lipinski definition) is 3. The van der Waals surface area contributed by atoms with Gasteiger partial charge in [-0.15, -0.1) is 0 Å². The number of aromatic nitrogens is 1. The summed E-state index contributed by atoms with van der Waals surface area (Å²) in [6.07, 6.45) is 4.38. The maximum atomic E-state index is 5.52. The van der Waals surface area contributed by atoms with Crippen molar-refractivity contribution >= 4 is 5.69 Å². The Labute approximate surface area is 78.1 Å². The molecule has 2 rings (SSSR count). The lowest BCUT2D eigenvalue weighted by atomic mass is 10.4. The van der Waals surface area contributed by atoms with Gasteiger partial charge < -0.3 is 10.1 Å². The van der Waals surface area contributed by atoms with E-state index in [2.05, 4.69) is 10.3 Å². The number of anilines is 1. The van der Waals surface area contributed by atoms with Gasteiger partial charge in [0.05, 0.1) is 6.61 Å². The van der Waals surface area contributed by atoms with E-state index in [1.165, 1.54) is 12.8 Å². The average Bonchev–Trinajstić information content (AvgIpc) is 2.99. The second kappa shape index (κ2) is 3.64. The van der Waals surface area contributed by atoms with Gasteiger partial charge in [-0.25, -0.2) is 4.98 Å². The highest BCUT2D eigenvalue weighted by Gasteiger charge is 2.21. The van der Waals surface area contributed by atoms with Crippen LogP contribution in [0, 0.1) is 5.92 Å². The van der Waals surface area contributed by atoms with Crippen molar-refractivity contribution in [1.82, 2.24) is 4.98 Å². The molecule has 3 nitrogen and oxygen atoms in total. The molecule has 1 aliphatic rings. The molecule has 0 aliphatic heterocycles. The molecule has 0 aromatic carbocycles. The van der Waals surface area contributed by atoms with Crippen LogP contribution < -0.4 is 10.1 Å². The number of nitrogens with zero attached hydrogens (tertiary/aromatic N) is 1. The lowest BCUT2D eigenvalue weighted by molar-refractivity contribution is 0.288. The summed E-state index contributed by atoms with van der Waals surface area (Å²) in [6, 6.07) is 3.84. The molecule has 1 aliphatic carbocycles. The Morgan fingerprint density at radius 1 is 1.62 bits per heavy atom. The molecular weight excluding hydrogens is 164 g/mol. The maximum Gasteiger partial charge on any atom is 0.215 e. The number of pyridine rings is 1. The van der Waals surface area contributed by atoms with Crippen LogP contribution in [0.15, 0.2) is 18.3 Å². The molecular formula is C10H14N2O. The summed E-state index contributed by atoms with van der Waals surface area (Å²) >= 11 is 0. The Morgan fingerprint density at radius 3 is 3.15 bits per heavy atom. The quantitative estimate of drug-likeness (QED) is 0.764. The Hall–Kier alpha value is -1.25. The first kappa shape index (κ1) is 8.35. The van der Waals surface area contributed by atoms with Gasteiger partial charge in [-0.3, -0.25) is 0 Å². The zero-order valence-corrected chi connectivity index (χ0v) is 7.79. The highest BCUT2D eigenvalue weighted by molar-refractivity contribution is 5.44. The number of hydrogen-bond donors (Lipinski definition) is 1. The monoisotopic (exact) mass is 178 g/mol. The van der Waals surface area contributed by atoms with Crippen molar-refractivity contribution in [3.63, 3.8) is 0 Å². The molecule has 13 heavy (non-hydrogen) atoms. The van der Waals surface area contributed by atoms with Crippen LogP contribution in [-0.2, 0) is 0 Å². The van der Waals surface area contributed by atoms with E-state index >= 15 is 0 Å². The van der Waals surface area contributed by atoms with E-state index in [1.807, 2.05) is 19.2 Å². The smallest absolute Gasteiger partial charge is 0.215 e. The van der Waals surface area contributed by atoms with E-state index in [0.29, 0.717) is 0 Å². The second-order valence-electron chi connectivity index (χ2n) is 3.39. The van der Waals surface area contributed by atoms with Crippen LogP contribution in [-0.4, -0.2) is 18.6 Å². The Bertz CT molecular complexity index is 284. The summed E-state index contributed by atoms with van der Waals surface area (Å²) in [6.45, 7) is 0.820. The van der Waals surface area contributed by atoms with Gasteiger partial charge in [0.2, 0.25) is 5.88 Å². The molecule has 0 spiro atoms. The van der Waals surface area contributed by atoms with E-state index < -0.39 is 0 Å². The number of ether oxygens (including phenoxy) is 1. The minimum atomic E-state index is 0.721. The van der Waals surface area contributed by atoms with E-state index in [1.54, 1.807) is 6.20 Å². The largest absolute Gasteiger partial charge is 0.477 e. The molecule has 1 aromatic heterocycles. The van der Waals surface area contributed by atoms with Gasteiger partial charge in [-0.1, -0.05) is 0 Å². The van der Waals surface area contributed by atoms with Crippen LogP contribution in [0.5, 0.6) is 5.88 Å². The molecule has 1 N–H and O–H groups in total. The summed E-state index contributed by atoms with van der Waals surface area (Å²) in [7, 11) is 1.89. The van der Waals surface area contributed by atoms with Gasteiger partial charge in [0, 0.05) is 25.0 Å². The first-order valence-corrected chi connectivity index (χ1v) is 4.65. The Morgan fingerprint density at radius 2 is 2.46 bits per heavy atom. The fourth-order valence-electron chi connectivity index (χ4n) is 1.13. The molecule has 0 saturated heterocycles. The van der Waals surface area contributed by atoms with E-state index in [0.717, 1.165) is 24.1 Å². The van der Waals surface area contributed by atoms with Gasteiger partial charge in [-0.05, 0) is 24.8 Å². The third-order valence-corrected chi connectivity index (χ3v) is 2.19. The van der Waals surface area contributed by atoms with Crippen molar-refractivity contribution in [1.29, 1.82) is 0 Å². The Balaban J connectivity index is 1.93. The first-order valence-electron chi connectivity index (χ1n) is 4.65. The maximum absolute atomic E-state index is 5.52. The van der Waals surface area contributed by atoms with Crippen LogP contribution in [0.3, 0.4) is 0 Å². The van der Waals surface area contributed by atoms with Crippen molar-refractivity contribution in [2.45, 2.75) is 12.8 Å². The summed E-state index contributed by atoms with van der Waals surface area (Å²) in [5, 5.41) is 3.05. The zero-order chi connectivity index (χ0) is 9.10. The standard InChI is InChI=1S/C10H14N2O/c1-11-9-4-5-12-10(6-9)13-7-8-2-3-8/h4-6,8H,2-3,7H2,1H3,(H,11,12). The molecule has 1 saturated carbocycles. The molecule has 3 heteroatoms. The Kier molecular flexibility index (Phi) is 2.34. The van der Waals surface area contributed by atoms with Crippen molar-refractivity contribution in [2.24, 2.45) is 5.92 Å². The number of nitrogens with one attached hydrogen (secondary N) is 1. The molecule has 70 valence electrons. The molecule has 0 amide bonds. The normalized spacial score (nSPS) is 15.5. The van der Waals surface area contributed by atoms with Crippen LogP contribution >= 0.6 is 0 Å². The number of rotatable bonds is 4. The van der Waals surface area contributed by atoms with Gasteiger partial charge in [0.25, 0.3) is 0 Å². The molecule has 0 radical (unpaired) electrons. The minimum Gasteiger partial charge on any atom is -0.477 e. The molecule has 1 heterocycles. The van der Waals surface area contributed by atoms with E-state index in [9.17, 15) is 0 Å². The van der Waals surface area contributed by atoms with Crippen LogP contribution in [0.25, 0.3) is 0 Å². The van der Waals surface area contributed by atoms with Crippen molar-refractivity contribution in [2.75, 3.05) is 19.0 Å². The van der Waals surface area contributed by atoms with Crippen molar-refractivity contribution < 1.29 is 4.74 Å². The third-order valence-electron chi connectivity index (χ3n) is 2.19. The molecule has 1 fully saturated rings. The highest BCUT2D eigenvalue weighted by Crippen LogP contribution is 2.29. The minimum absolute atomic E-state index is 0.721. The predicted molar refractivity (Wildman–Crippen MR) is 52.0 cm³/mol. The first-order chi connectivity index (χ1) is 6.38. The summed E-state index contributed by atoms with van der Waals surface area (Å²) in [4.78, 5) is 4.12. The van der Waals surface area contributed by atoms with Gasteiger partial charge in [-0.2, -0.15) is 0 Å². The lowest BCUT2D eigenvalue weighted by Gasteiger charge is -2.05. The lowest BCUT2D eigenvalue weighted by Crippen LogP contribution is -2.01. The highest BCUT2D eigenvalue weighted by atomic mass is 16.5. The fourth-order valence-corrected chi connectivity index (χ4v) is 1.13. The molecule has 0 atom stereocenters. The summed E-state index contributed by atoms with van der Waals surface area (Å²) in [5.41, 5.74) is 1.04.